The first kappa shape index (κ1) is 33.5. The number of hydrogen-bond donors (Lipinski definition) is 0. The van der Waals surface area contributed by atoms with Gasteiger partial charge in [0.05, 0.1) is 26.4 Å². The Hall–Kier alpha value is -2.96. The number of hydrogen-bond acceptors (Lipinski definition) is 9. The number of ether oxygens (including phenoxy) is 9. The molecule has 7 rings (SSSR count). The molecule has 3 aromatic rings. The summed E-state index contributed by atoms with van der Waals surface area (Å²) in [6.45, 7) is 9.20. The lowest BCUT2D eigenvalue weighted by atomic mass is 9.97. The molecule has 0 spiro atoms. The smallest absolute Gasteiger partial charge is 0.190 e. The maximum Gasteiger partial charge on any atom is 0.190 e. The molecule has 4 fully saturated rings. The van der Waals surface area contributed by atoms with E-state index in [1.807, 2.05) is 94.4 Å². The Bertz CT molecular complexity index is 1480. The van der Waals surface area contributed by atoms with Gasteiger partial charge in [-0.3, -0.25) is 0 Å². The molecule has 0 radical (unpaired) electrons. The van der Waals surface area contributed by atoms with Gasteiger partial charge in [0, 0.05) is 0 Å². The summed E-state index contributed by atoms with van der Waals surface area (Å²) in [6.07, 6.45) is 0.119. The second kappa shape index (κ2) is 14.5. The predicted molar refractivity (Wildman–Crippen MR) is 176 cm³/mol. The van der Waals surface area contributed by atoms with Crippen molar-refractivity contribution >= 4 is 0 Å². The number of rotatable bonds is 12. The van der Waals surface area contributed by atoms with Crippen LogP contribution in [-0.2, 0) is 62.5 Å². The highest BCUT2D eigenvalue weighted by atomic mass is 16.9. The van der Waals surface area contributed by atoms with E-state index in [1.54, 1.807) is 0 Å². The third kappa shape index (κ3) is 7.91. The lowest BCUT2D eigenvalue weighted by molar-refractivity contribution is -0.222. The van der Waals surface area contributed by atoms with Gasteiger partial charge in [-0.25, -0.2) is 0 Å². The molecule has 0 amide bonds. The molecule has 4 saturated heterocycles. The number of benzene rings is 3. The van der Waals surface area contributed by atoms with E-state index in [0.29, 0.717) is 26.4 Å². The summed E-state index contributed by atoms with van der Waals surface area (Å²) in [7, 11) is 0. The van der Waals surface area contributed by atoms with Crippen LogP contribution in [0.1, 0.15) is 44.4 Å². The molecule has 4 aliphatic heterocycles. The van der Waals surface area contributed by atoms with Crippen LogP contribution < -0.4 is 0 Å². The Labute approximate surface area is 283 Å². The molecule has 4 aliphatic rings. The van der Waals surface area contributed by atoms with Crippen LogP contribution in [0.25, 0.3) is 0 Å². The van der Waals surface area contributed by atoms with Crippen molar-refractivity contribution in [3.8, 4) is 0 Å². The van der Waals surface area contributed by atoms with Gasteiger partial charge in [-0.1, -0.05) is 103 Å². The highest BCUT2D eigenvalue weighted by molar-refractivity contribution is 5.17. The van der Waals surface area contributed by atoms with Gasteiger partial charge in [0.15, 0.2) is 17.9 Å². The van der Waals surface area contributed by atoms with Gasteiger partial charge in [0.1, 0.15) is 48.8 Å². The van der Waals surface area contributed by atoms with Crippen molar-refractivity contribution < 1.29 is 42.6 Å². The molecule has 4 heterocycles. The zero-order chi connectivity index (χ0) is 33.1. The molecule has 0 unspecified atom stereocenters. The number of fused-ring (bicyclic) bond motifs is 3. The van der Waals surface area contributed by atoms with Gasteiger partial charge >= 0.3 is 0 Å². The lowest BCUT2D eigenvalue weighted by Crippen LogP contribution is -2.54. The van der Waals surface area contributed by atoms with Crippen LogP contribution in [0, 0.1) is 0 Å². The second-order valence-corrected chi connectivity index (χ2v) is 13.7. The summed E-state index contributed by atoms with van der Waals surface area (Å²) in [5.41, 5.74) is 3.23. The first-order valence-electron chi connectivity index (χ1n) is 16.9. The highest BCUT2D eigenvalue weighted by Gasteiger charge is 2.60. The van der Waals surface area contributed by atoms with Crippen molar-refractivity contribution in [1.82, 2.24) is 0 Å². The van der Waals surface area contributed by atoms with Crippen molar-refractivity contribution in [1.29, 1.82) is 0 Å². The molecule has 0 aromatic heterocycles. The van der Waals surface area contributed by atoms with Crippen molar-refractivity contribution in [2.24, 2.45) is 0 Å². The molecular weight excluding hydrogens is 612 g/mol. The predicted octanol–water partition coefficient (Wildman–Crippen LogP) is 6.09. The molecule has 3 aromatic carbocycles. The molecule has 0 N–H and O–H groups in total. The van der Waals surface area contributed by atoms with Gasteiger partial charge in [-0.15, -0.1) is 0 Å². The van der Waals surface area contributed by atoms with Crippen molar-refractivity contribution in [3.05, 3.63) is 120 Å². The molecule has 48 heavy (non-hydrogen) atoms. The third-order valence-electron chi connectivity index (χ3n) is 8.99. The average Bonchev–Trinajstić information content (AvgIpc) is 3.71. The maximum atomic E-state index is 6.72. The summed E-state index contributed by atoms with van der Waals surface area (Å²) in [5, 5.41) is 0. The summed E-state index contributed by atoms with van der Waals surface area (Å²) < 4.78 is 57.7. The minimum absolute atomic E-state index is 0.337. The fourth-order valence-corrected chi connectivity index (χ4v) is 6.85. The van der Waals surface area contributed by atoms with Gasteiger partial charge in [0.2, 0.25) is 0 Å². The molecule has 9 heteroatoms. The van der Waals surface area contributed by atoms with Crippen LogP contribution in [-0.4, -0.2) is 73.3 Å². The van der Waals surface area contributed by atoms with Gasteiger partial charge < -0.3 is 42.6 Å². The van der Waals surface area contributed by atoms with Crippen LogP contribution in [0.15, 0.2) is 103 Å². The second-order valence-electron chi connectivity index (χ2n) is 13.7. The quantitative estimate of drug-likeness (QED) is 0.215. The van der Waals surface area contributed by atoms with E-state index in [9.17, 15) is 0 Å². The first-order valence-corrected chi connectivity index (χ1v) is 16.9. The van der Waals surface area contributed by atoms with Crippen molar-refractivity contribution in [2.45, 2.75) is 114 Å². The lowest BCUT2D eigenvalue weighted by Gasteiger charge is -2.36. The summed E-state index contributed by atoms with van der Waals surface area (Å²) in [6, 6.07) is 30.4. The van der Waals surface area contributed by atoms with E-state index >= 15 is 0 Å². The molecule has 0 saturated carbocycles. The van der Waals surface area contributed by atoms with Crippen molar-refractivity contribution in [2.75, 3.05) is 6.61 Å². The largest absolute Gasteiger partial charge is 0.374 e. The molecule has 256 valence electrons. The normalized spacial score (nSPS) is 33.5. The summed E-state index contributed by atoms with van der Waals surface area (Å²) >= 11 is 0. The molecular formula is C39H46O9. The highest BCUT2D eigenvalue weighted by Crippen LogP contribution is 2.44. The summed E-state index contributed by atoms with van der Waals surface area (Å²) in [5.74, 6) is -1.59. The van der Waals surface area contributed by atoms with Crippen molar-refractivity contribution in [3.63, 3.8) is 0 Å². The Morgan fingerprint density at radius 3 is 1.67 bits per heavy atom. The zero-order valence-electron chi connectivity index (χ0n) is 28.0. The van der Waals surface area contributed by atoms with E-state index < -0.39 is 54.5 Å². The Balaban J connectivity index is 1.13. The van der Waals surface area contributed by atoms with Gasteiger partial charge in [-0.2, -0.15) is 0 Å². The summed E-state index contributed by atoms with van der Waals surface area (Å²) in [4.78, 5) is 0. The topological polar surface area (TPSA) is 83.1 Å². The van der Waals surface area contributed by atoms with Crippen LogP contribution in [0.3, 0.4) is 0 Å². The molecule has 9 nitrogen and oxygen atoms in total. The van der Waals surface area contributed by atoms with Crippen LogP contribution in [0.5, 0.6) is 0 Å². The standard InChI is InChI=1S/C39H46O9/c1-38(2)45-34-30(44-37-36(35(34)46-38)47-39(3,4)48-37)21-20-29-32(41-23-27-16-10-6-11-17-27)33(42-24-28-18-12-7-13-19-28)31(43-29)25-40-22-26-14-8-5-9-15-26/h5-21,29-37H,22-25H2,1-4H3/b21-20-/t29-,30-,31-,32+,33-,34+,35+,36-,37-/m1/s1. The first-order chi connectivity index (χ1) is 23.2. The Morgan fingerprint density at radius 1 is 0.542 bits per heavy atom. The van der Waals surface area contributed by atoms with Gasteiger partial charge in [-0.05, 0) is 44.4 Å². The zero-order valence-corrected chi connectivity index (χ0v) is 28.0. The van der Waals surface area contributed by atoms with E-state index in [0.717, 1.165) is 16.7 Å². The van der Waals surface area contributed by atoms with Crippen LogP contribution >= 0.6 is 0 Å². The SMILES string of the molecule is CC1(C)O[C@H]2[C@@H](O1)[C@@H](/C=C\[C@H]1O[C@H](COCc3ccccc3)[C@@H](OCc3ccccc3)[C@H]1OCc1ccccc1)O[C@@H]1OC(C)(C)O[C@@H]12. The Morgan fingerprint density at radius 2 is 1.04 bits per heavy atom. The fourth-order valence-electron chi connectivity index (χ4n) is 6.85. The maximum absolute atomic E-state index is 6.72. The third-order valence-corrected chi connectivity index (χ3v) is 8.99. The minimum atomic E-state index is -0.796. The van der Waals surface area contributed by atoms with Crippen LogP contribution in [0.4, 0.5) is 0 Å². The van der Waals surface area contributed by atoms with Gasteiger partial charge in [0.25, 0.3) is 0 Å². The van der Waals surface area contributed by atoms with E-state index in [1.165, 1.54) is 0 Å². The molecule has 0 bridgehead atoms. The fraction of sp³-hybridized carbons (Fsp3) is 0.487. The molecule has 0 aliphatic carbocycles. The van der Waals surface area contributed by atoms with E-state index in [4.69, 9.17) is 42.6 Å². The average molecular weight is 659 g/mol. The Kier molecular flexibility index (Phi) is 10.1. The van der Waals surface area contributed by atoms with E-state index in [2.05, 4.69) is 36.4 Å². The minimum Gasteiger partial charge on any atom is -0.374 e. The monoisotopic (exact) mass is 658 g/mol. The van der Waals surface area contributed by atoms with E-state index in [-0.39, 0.29) is 12.2 Å². The molecule has 9 atom stereocenters. The van der Waals surface area contributed by atoms with Crippen LogP contribution in [0.2, 0.25) is 0 Å².